The van der Waals surface area contributed by atoms with Crippen LogP contribution in [0.2, 0.25) is 25.1 Å². The number of aryl methyl sites for hydroxylation is 2. The Hall–Kier alpha value is -10.3. The summed E-state index contributed by atoms with van der Waals surface area (Å²) in [6, 6.07) is 34.2. The zero-order valence-electron chi connectivity index (χ0n) is 61.0. The number of halogens is 14. The number of aliphatic hydroxyl groups is 1. The van der Waals surface area contributed by atoms with Gasteiger partial charge in [0.15, 0.2) is 34.6 Å². The molecule has 0 aliphatic heterocycles. The maximum absolute atomic E-state index is 13.2. The molecule has 0 aliphatic rings. The third-order valence-corrected chi connectivity index (χ3v) is 13.3. The molecule has 23 nitrogen and oxygen atoms in total. The van der Waals surface area contributed by atoms with Gasteiger partial charge in [0.2, 0.25) is 0 Å². The molecule has 1 unspecified atom stereocenters. The first-order valence-corrected chi connectivity index (χ1v) is 33.0. The van der Waals surface area contributed by atoms with Crippen molar-refractivity contribution in [1.82, 2.24) is 9.97 Å². The largest absolute Gasteiger partial charge is 1.00 e. The van der Waals surface area contributed by atoms with Crippen molar-refractivity contribution < 1.29 is 159 Å². The molecular formula is C75H65Cl5F9KN7O16-. The van der Waals surface area contributed by atoms with Crippen molar-refractivity contribution >= 4 is 81.1 Å². The molecule has 0 saturated carbocycles. The monoisotopic (exact) mass is 1700 g/mol. The molecular weight excluding hydrogens is 1640 g/mol. The van der Waals surface area contributed by atoms with E-state index in [0.717, 1.165) is 39.7 Å². The Morgan fingerprint density at radius 1 is 0.522 bits per heavy atom. The quantitative estimate of drug-likeness (QED) is 0.0134. The number of carbonyl (C=O) groups is 4. The first kappa shape index (κ1) is 105. The number of carbonyl (C=O) groups excluding carboxylic acids is 4. The summed E-state index contributed by atoms with van der Waals surface area (Å²) in [6.45, 7) is 12.2. The van der Waals surface area contributed by atoms with Gasteiger partial charge in [0.05, 0.1) is 90.5 Å². The molecule has 113 heavy (non-hydrogen) atoms. The van der Waals surface area contributed by atoms with Gasteiger partial charge in [-0.3, -0.25) is 28.8 Å². The van der Waals surface area contributed by atoms with E-state index in [0.29, 0.717) is 78.4 Å². The van der Waals surface area contributed by atoms with Crippen LogP contribution in [0.5, 0.6) is 40.2 Å². The number of nitrogens with one attached hydrogen (secondary N) is 2. The van der Waals surface area contributed by atoms with E-state index in [9.17, 15) is 68.3 Å². The number of benzene rings is 5. The fourth-order valence-corrected chi connectivity index (χ4v) is 8.69. The van der Waals surface area contributed by atoms with E-state index >= 15 is 0 Å². The first-order chi connectivity index (χ1) is 52.2. The number of ether oxygens (including phenoxy) is 8. The van der Waals surface area contributed by atoms with E-state index in [1.54, 1.807) is 89.5 Å². The van der Waals surface area contributed by atoms with E-state index < -0.39 is 59.2 Å². The van der Waals surface area contributed by atoms with Gasteiger partial charge < -0.3 is 58.4 Å². The second kappa shape index (κ2) is 53.6. The summed E-state index contributed by atoms with van der Waals surface area (Å²) in [5.41, 5.74) is 0.802. The first-order valence-electron chi connectivity index (χ1n) is 31.1. The zero-order valence-corrected chi connectivity index (χ0v) is 67.9. The summed E-state index contributed by atoms with van der Waals surface area (Å²) >= 11 is 29.0. The smallest absolute Gasteiger partial charge is 0.870 e. The van der Waals surface area contributed by atoms with Crippen LogP contribution in [0.1, 0.15) is 80.5 Å². The van der Waals surface area contributed by atoms with Crippen LogP contribution in [-0.2, 0) is 33.4 Å². The van der Waals surface area contributed by atoms with Crippen molar-refractivity contribution in [2.75, 3.05) is 33.5 Å². The minimum atomic E-state index is -4.84. The molecule has 2 heterocycles. The van der Waals surface area contributed by atoms with Crippen LogP contribution in [-0.4, -0.2) is 102 Å². The fourth-order valence-electron chi connectivity index (χ4n) is 7.56. The van der Waals surface area contributed by atoms with Crippen molar-refractivity contribution in [2.24, 2.45) is 0 Å². The molecule has 7 aromatic rings. The molecule has 38 heteroatoms. The Kier molecular flexibility index (Phi) is 49.7. The fraction of sp³-hybridized carbons (Fsp3) is 0.227. The Labute approximate surface area is 708 Å². The molecule has 5 aromatic carbocycles. The van der Waals surface area contributed by atoms with Crippen molar-refractivity contribution in [3.8, 4) is 70.6 Å². The number of nitrogens with zero attached hydrogens (tertiary/aromatic N) is 5. The second-order valence-electron chi connectivity index (χ2n) is 20.9. The minimum Gasteiger partial charge on any atom is -0.870 e. The van der Waals surface area contributed by atoms with Gasteiger partial charge in [0.25, 0.3) is 16.9 Å². The number of alkyl halides is 9. The van der Waals surface area contributed by atoms with Crippen molar-refractivity contribution in [1.29, 1.82) is 26.3 Å². The average molecular weight is 1710 g/mol. The predicted octanol–water partition coefficient (Wildman–Crippen LogP) is 15.1. The molecule has 0 saturated heterocycles. The van der Waals surface area contributed by atoms with E-state index in [1.807, 2.05) is 18.2 Å². The summed E-state index contributed by atoms with van der Waals surface area (Å²) in [4.78, 5) is 72.3. The molecule has 1 atom stereocenters. The number of hydrogen-bond donors (Lipinski definition) is 3. The molecule has 0 fully saturated rings. The van der Waals surface area contributed by atoms with Crippen LogP contribution in [0.4, 0.5) is 39.5 Å². The minimum absolute atomic E-state index is 0. The van der Waals surface area contributed by atoms with E-state index in [2.05, 4.69) is 14.7 Å². The predicted molar refractivity (Wildman–Crippen MR) is 393 cm³/mol. The third kappa shape index (κ3) is 40.7. The van der Waals surface area contributed by atoms with E-state index in [-0.39, 0.29) is 144 Å². The number of rotatable bonds is 23. The molecule has 0 aliphatic carbocycles. The number of aromatic nitrogens is 2. The summed E-state index contributed by atoms with van der Waals surface area (Å²) in [5.74, 6) is -4.67. The number of pyridine rings is 2. The number of aromatic amines is 2. The molecule has 7 rings (SSSR count). The SMILES string of the molecule is CC(=O)COc1cc(Cl)cc(C#N)c1.CCO/C=C/C(=C(\Oc1cc(Cl)cc(C#N)c1)C(C)=O)C(F)(F)F.CCO/C=C/C(=O)C(F)(F)F.CCO/C=C/[C-](C(Oc1cc(Cl)cc(C#N)c1)C(C)=O)C(F)(F)F.CO.Cc1cc[nH]c(=O)c1Oc1cc(Cl)cc(C#N)c1.Cc1cc[nH]c(=O)c1Oc1cc(Cl)cc(C#N)c1.[K+].[OH-]. The van der Waals surface area contributed by atoms with E-state index in [4.69, 9.17) is 123 Å². The number of aliphatic hydroxyl groups excluding tert-OH is 1. The Morgan fingerprint density at radius 2 is 0.867 bits per heavy atom. The molecule has 0 radical (unpaired) electrons. The number of hydrogen-bond acceptors (Lipinski definition) is 21. The topological polar surface area (TPSA) is 377 Å². The summed E-state index contributed by atoms with van der Waals surface area (Å²) in [5, 5.41) is 52.4. The maximum Gasteiger partial charge on any atom is 1.00 e. The summed E-state index contributed by atoms with van der Waals surface area (Å²) in [6.07, 6.45) is -9.26. The second-order valence-corrected chi connectivity index (χ2v) is 23.0. The molecule has 2 aromatic heterocycles. The van der Waals surface area contributed by atoms with Crippen LogP contribution in [0.3, 0.4) is 0 Å². The normalized spacial score (nSPS) is 10.8. The van der Waals surface area contributed by atoms with Crippen LogP contribution in [0, 0.1) is 76.4 Å². The Bertz CT molecular complexity index is 4690. The molecule has 4 N–H and O–H groups in total. The average Bonchev–Trinajstić information content (AvgIpc) is 0.827. The van der Waals surface area contributed by atoms with Crippen molar-refractivity contribution in [3.63, 3.8) is 0 Å². The van der Waals surface area contributed by atoms with Gasteiger partial charge in [-0.15, -0.1) is 0 Å². The van der Waals surface area contributed by atoms with Crippen molar-refractivity contribution in [3.05, 3.63) is 255 Å². The van der Waals surface area contributed by atoms with Gasteiger partial charge >= 0.3 is 69.9 Å². The molecule has 0 bridgehead atoms. The van der Waals surface area contributed by atoms with Crippen LogP contribution in [0.15, 0.2) is 173 Å². The number of Topliss-reactive ketones (excluding diaryl/α,β-unsaturated/α-hetero) is 3. The number of ketones is 4. The number of H-pyrrole nitrogens is 2. The van der Waals surface area contributed by atoms with Crippen LogP contribution >= 0.6 is 58.0 Å². The van der Waals surface area contributed by atoms with Gasteiger partial charge in [0, 0.05) is 57.6 Å². The Balaban J connectivity index is 0. The van der Waals surface area contributed by atoms with Gasteiger partial charge in [-0.05, 0) is 169 Å². The van der Waals surface area contributed by atoms with Gasteiger partial charge in [0.1, 0.15) is 47.0 Å². The van der Waals surface area contributed by atoms with Gasteiger partial charge in [-0.2, -0.15) is 71.9 Å². The van der Waals surface area contributed by atoms with Crippen LogP contribution in [0.25, 0.3) is 0 Å². The molecule has 596 valence electrons. The third-order valence-electron chi connectivity index (χ3n) is 12.2. The standard InChI is InChI=1S/C16H14ClF3NO3.C16H13ClF3NO3.2C13H9ClN2O2.C10H8ClNO2.C6H7F3O2.CH4O.K.H2O/c2*1-3-23-5-4-14(16(18,19)20)15(10(2)22)24-13-7-11(9-21)6-12(17)8-13;2*1-8-2-3-16-13(17)12(8)18-11-5-9(7-15)4-10(14)6-11;1-7(13)6-14-10-3-8(5-12)2-9(11)4-10;1-2-11-4-3-5(10)6(7,8)9;1-2;;/h4-8,15H,3H2,1-2H3;4-8H,3H2,1-2H3;2*2-6H,1H3,(H,16,17);2-4H,6H2,1H3;3-4H,2H2,1H3;2H,1H3;;1H2/q-1;;;;;;;+1;/p-1/b5-4+;5-4+,15-14+;;;;4-3+;;;. The van der Waals surface area contributed by atoms with Gasteiger partial charge in [-0.25, -0.2) is 0 Å². The number of nitriles is 5. The summed E-state index contributed by atoms with van der Waals surface area (Å²) in [7, 11) is 1.00. The van der Waals surface area contributed by atoms with E-state index in [1.165, 1.54) is 79.7 Å². The maximum atomic E-state index is 13.2. The Morgan fingerprint density at radius 3 is 1.20 bits per heavy atom. The van der Waals surface area contributed by atoms with Gasteiger partial charge in [-0.1, -0.05) is 70.2 Å². The van der Waals surface area contributed by atoms with Crippen LogP contribution < -0.4 is 86.2 Å². The molecule has 0 amide bonds. The molecule has 0 spiro atoms. The number of allylic oxidation sites excluding steroid dienone is 4. The summed E-state index contributed by atoms with van der Waals surface area (Å²) < 4.78 is 154. The zero-order chi connectivity index (χ0) is 84.4. The van der Waals surface area contributed by atoms with Crippen molar-refractivity contribution in [2.45, 2.75) is 80.0 Å².